The summed E-state index contributed by atoms with van der Waals surface area (Å²) >= 11 is 0. The number of hydrogen-bond donors (Lipinski definition) is 2. The van der Waals surface area contributed by atoms with Crippen molar-refractivity contribution in [1.82, 2.24) is 9.97 Å². The van der Waals surface area contributed by atoms with Crippen molar-refractivity contribution in [3.63, 3.8) is 0 Å². The van der Waals surface area contributed by atoms with Crippen LogP contribution < -0.4 is 0 Å². The molecule has 15 heavy (non-hydrogen) atoms. The predicted molar refractivity (Wildman–Crippen MR) is 58.2 cm³/mol. The topological polar surface area (TPSA) is 66.0 Å². The highest BCUT2D eigenvalue weighted by molar-refractivity contribution is 5.92. The Bertz CT molecular complexity index is 453. The van der Waals surface area contributed by atoms with Gasteiger partial charge in [-0.2, -0.15) is 0 Å². The zero-order valence-electron chi connectivity index (χ0n) is 7.68. The van der Waals surface area contributed by atoms with Gasteiger partial charge in [-0.25, -0.2) is 9.78 Å². The number of carboxylic acid groups (broad SMARTS) is 1. The van der Waals surface area contributed by atoms with Crippen molar-refractivity contribution in [3.05, 3.63) is 42.4 Å². The lowest BCUT2D eigenvalue weighted by Crippen LogP contribution is -1.98. The van der Waals surface area contributed by atoms with E-state index < -0.39 is 5.97 Å². The van der Waals surface area contributed by atoms with E-state index in [0.29, 0.717) is 5.69 Å². The first-order valence-electron chi connectivity index (χ1n) is 4.11. The summed E-state index contributed by atoms with van der Waals surface area (Å²) in [6, 6.07) is 9.20. The highest BCUT2D eigenvalue weighted by atomic mass is 35.5. The number of carboxylic acids is 1. The minimum Gasteiger partial charge on any atom is -0.477 e. The van der Waals surface area contributed by atoms with Crippen molar-refractivity contribution in [2.75, 3.05) is 0 Å². The van der Waals surface area contributed by atoms with Gasteiger partial charge in [-0.05, 0) is 0 Å². The number of imidazole rings is 1. The van der Waals surface area contributed by atoms with E-state index in [0.717, 1.165) is 5.56 Å². The number of aromatic carboxylic acids is 1. The fraction of sp³-hybridized carbons (Fsp3) is 0. The molecular formula is C10H9ClN2O2. The van der Waals surface area contributed by atoms with E-state index in [4.69, 9.17) is 5.11 Å². The molecule has 0 unspecified atom stereocenters. The summed E-state index contributed by atoms with van der Waals surface area (Å²) in [7, 11) is 0. The number of halogens is 1. The Morgan fingerprint density at radius 1 is 1.27 bits per heavy atom. The molecular weight excluding hydrogens is 216 g/mol. The summed E-state index contributed by atoms with van der Waals surface area (Å²) < 4.78 is 0. The molecule has 5 heteroatoms. The molecule has 0 aliphatic rings. The van der Waals surface area contributed by atoms with Crippen LogP contribution in [0.2, 0.25) is 0 Å². The fourth-order valence-electron chi connectivity index (χ4n) is 1.27. The number of H-pyrrole nitrogens is 1. The van der Waals surface area contributed by atoms with Crippen LogP contribution in [0.15, 0.2) is 36.7 Å². The number of nitrogens with zero attached hydrogens (tertiary/aromatic N) is 1. The van der Waals surface area contributed by atoms with Crippen molar-refractivity contribution < 1.29 is 9.90 Å². The van der Waals surface area contributed by atoms with E-state index >= 15 is 0 Å². The largest absolute Gasteiger partial charge is 0.477 e. The van der Waals surface area contributed by atoms with Crippen molar-refractivity contribution in [1.29, 1.82) is 0 Å². The number of benzene rings is 1. The molecule has 0 aliphatic heterocycles. The Balaban J connectivity index is 0.00000112. The van der Waals surface area contributed by atoms with Gasteiger partial charge in [0, 0.05) is 5.56 Å². The van der Waals surface area contributed by atoms with Crippen LogP contribution in [-0.2, 0) is 0 Å². The summed E-state index contributed by atoms with van der Waals surface area (Å²) in [5.41, 5.74) is 1.39. The molecule has 4 nitrogen and oxygen atoms in total. The highest BCUT2D eigenvalue weighted by Crippen LogP contribution is 2.19. The SMILES string of the molecule is Cl.O=C(O)c1[nH]cnc1-c1ccccc1. The van der Waals surface area contributed by atoms with Gasteiger partial charge in [0.25, 0.3) is 0 Å². The zero-order chi connectivity index (χ0) is 9.97. The minimum atomic E-state index is -0.999. The van der Waals surface area contributed by atoms with Gasteiger partial charge >= 0.3 is 5.97 Å². The molecule has 78 valence electrons. The first kappa shape index (κ1) is 11.3. The molecule has 0 aliphatic carbocycles. The number of carbonyl (C=O) groups is 1. The average Bonchev–Trinajstić information content (AvgIpc) is 2.67. The minimum absolute atomic E-state index is 0. The zero-order valence-corrected chi connectivity index (χ0v) is 8.49. The van der Waals surface area contributed by atoms with Crippen molar-refractivity contribution in [3.8, 4) is 11.3 Å². The molecule has 0 bridgehead atoms. The lowest BCUT2D eigenvalue weighted by Gasteiger charge is -1.97. The number of rotatable bonds is 2. The van der Waals surface area contributed by atoms with E-state index in [1.165, 1.54) is 6.33 Å². The monoisotopic (exact) mass is 224 g/mol. The van der Waals surface area contributed by atoms with E-state index in [2.05, 4.69) is 9.97 Å². The third kappa shape index (κ3) is 2.16. The highest BCUT2D eigenvalue weighted by Gasteiger charge is 2.13. The van der Waals surface area contributed by atoms with Crippen molar-refractivity contribution >= 4 is 18.4 Å². The number of aromatic amines is 1. The van der Waals surface area contributed by atoms with Gasteiger partial charge < -0.3 is 10.1 Å². The van der Waals surface area contributed by atoms with Crippen LogP contribution in [0.4, 0.5) is 0 Å². The maximum atomic E-state index is 10.8. The van der Waals surface area contributed by atoms with Crippen LogP contribution >= 0.6 is 12.4 Å². The summed E-state index contributed by atoms with van der Waals surface area (Å²) in [4.78, 5) is 17.3. The van der Waals surface area contributed by atoms with Gasteiger partial charge in [0.1, 0.15) is 5.69 Å². The normalized spacial score (nSPS) is 9.33. The molecule has 0 spiro atoms. The summed E-state index contributed by atoms with van der Waals surface area (Å²) in [6.45, 7) is 0. The van der Waals surface area contributed by atoms with E-state index in [-0.39, 0.29) is 18.1 Å². The molecule has 0 saturated carbocycles. The Morgan fingerprint density at radius 3 is 2.53 bits per heavy atom. The summed E-state index contributed by atoms with van der Waals surface area (Å²) in [5.74, 6) is -0.999. The molecule has 0 amide bonds. The molecule has 1 heterocycles. The molecule has 0 fully saturated rings. The first-order chi connectivity index (χ1) is 6.79. The van der Waals surface area contributed by atoms with Gasteiger partial charge in [-0.15, -0.1) is 12.4 Å². The van der Waals surface area contributed by atoms with E-state index in [1.54, 1.807) is 0 Å². The van der Waals surface area contributed by atoms with Crippen LogP contribution in [0, 0.1) is 0 Å². The quantitative estimate of drug-likeness (QED) is 0.822. The van der Waals surface area contributed by atoms with Crippen molar-refractivity contribution in [2.45, 2.75) is 0 Å². The van der Waals surface area contributed by atoms with Crippen LogP contribution in [-0.4, -0.2) is 21.0 Å². The second-order valence-corrected chi connectivity index (χ2v) is 2.80. The first-order valence-corrected chi connectivity index (χ1v) is 4.11. The fourth-order valence-corrected chi connectivity index (χ4v) is 1.27. The second-order valence-electron chi connectivity index (χ2n) is 2.80. The van der Waals surface area contributed by atoms with Crippen molar-refractivity contribution in [2.24, 2.45) is 0 Å². The van der Waals surface area contributed by atoms with Crippen LogP contribution in [0.1, 0.15) is 10.5 Å². The standard InChI is InChI=1S/C10H8N2O2.ClH/c13-10(14)9-8(11-6-12-9)7-4-2-1-3-5-7;/h1-6H,(H,11,12)(H,13,14);1H. The number of aromatic nitrogens is 2. The third-order valence-electron chi connectivity index (χ3n) is 1.90. The van der Waals surface area contributed by atoms with Gasteiger partial charge in [0.15, 0.2) is 5.69 Å². The number of nitrogens with one attached hydrogen (secondary N) is 1. The Hall–Kier alpha value is -1.81. The Morgan fingerprint density at radius 2 is 1.93 bits per heavy atom. The summed E-state index contributed by atoms with van der Waals surface area (Å²) in [6.07, 6.45) is 1.38. The van der Waals surface area contributed by atoms with E-state index in [9.17, 15) is 4.79 Å². The van der Waals surface area contributed by atoms with Gasteiger partial charge in [0.2, 0.25) is 0 Å². The number of hydrogen-bond acceptors (Lipinski definition) is 2. The molecule has 2 rings (SSSR count). The maximum absolute atomic E-state index is 10.8. The molecule has 0 saturated heterocycles. The Kier molecular flexibility index (Phi) is 3.46. The molecule has 1 aromatic heterocycles. The predicted octanol–water partition coefficient (Wildman–Crippen LogP) is 2.20. The molecule has 2 aromatic rings. The van der Waals surface area contributed by atoms with Crippen LogP contribution in [0.5, 0.6) is 0 Å². The van der Waals surface area contributed by atoms with Crippen LogP contribution in [0.25, 0.3) is 11.3 Å². The smallest absolute Gasteiger partial charge is 0.354 e. The van der Waals surface area contributed by atoms with Gasteiger partial charge in [-0.3, -0.25) is 0 Å². The lowest BCUT2D eigenvalue weighted by molar-refractivity contribution is 0.0692. The van der Waals surface area contributed by atoms with E-state index in [1.807, 2.05) is 30.3 Å². The maximum Gasteiger partial charge on any atom is 0.354 e. The second kappa shape index (κ2) is 4.61. The molecule has 2 N–H and O–H groups in total. The van der Waals surface area contributed by atoms with Gasteiger partial charge in [-0.1, -0.05) is 30.3 Å². The summed E-state index contributed by atoms with van der Waals surface area (Å²) in [5, 5.41) is 8.84. The third-order valence-corrected chi connectivity index (χ3v) is 1.90. The molecule has 1 aromatic carbocycles. The average molecular weight is 225 g/mol. The van der Waals surface area contributed by atoms with Crippen LogP contribution in [0.3, 0.4) is 0 Å². The molecule has 0 radical (unpaired) electrons. The molecule has 0 atom stereocenters. The Labute approximate surface area is 92.4 Å². The lowest BCUT2D eigenvalue weighted by atomic mass is 10.1. The van der Waals surface area contributed by atoms with Gasteiger partial charge in [0.05, 0.1) is 6.33 Å².